The number of nitrogens with zero attached hydrogens (tertiary/aromatic N) is 2. The summed E-state index contributed by atoms with van der Waals surface area (Å²) in [6.07, 6.45) is 8.88. The van der Waals surface area contributed by atoms with Gasteiger partial charge in [-0.15, -0.1) is 0 Å². The molecule has 1 unspecified atom stereocenters. The van der Waals surface area contributed by atoms with Crippen molar-refractivity contribution in [3.05, 3.63) is 23.9 Å². The van der Waals surface area contributed by atoms with Gasteiger partial charge in [0.05, 0.1) is 6.10 Å². The van der Waals surface area contributed by atoms with E-state index in [0.29, 0.717) is 25.1 Å². The fourth-order valence-corrected chi connectivity index (χ4v) is 3.41. The van der Waals surface area contributed by atoms with Gasteiger partial charge in [-0.25, -0.2) is 9.78 Å². The Morgan fingerprint density at radius 1 is 1.29 bits per heavy atom. The number of carbonyl (C=O) groups is 1. The average molecular weight is 333 g/mol. The summed E-state index contributed by atoms with van der Waals surface area (Å²) in [7, 11) is 1.70. The number of likely N-dealkylation sites (tertiary alicyclic amines) is 1. The van der Waals surface area contributed by atoms with E-state index in [0.717, 1.165) is 37.8 Å². The average Bonchev–Trinajstić information content (AvgIpc) is 3.13. The molecule has 0 spiro atoms. The van der Waals surface area contributed by atoms with Crippen molar-refractivity contribution in [2.24, 2.45) is 0 Å². The maximum atomic E-state index is 12.3. The fraction of sp³-hybridized carbons (Fsp3) is 0.667. The van der Waals surface area contributed by atoms with E-state index >= 15 is 0 Å². The van der Waals surface area contributed by atoms with Crippen LogP contribution in [0.5, 0.6) is 5.88 Å². The van der Waals surface area contributed by atoms with E-state index in [4.69, 9.17) is 9.47 Å². The lowest BCUT2D eigenvalue weighted by Gasteiger charge is -2.31. The number of carbonyl (C=O) groups excluding carboxylic acids is 1. The zero-order valence-corrected chi connectivity index (χ0v) is 14.4. The third kappa shape index (κ3) is 4.60. The van der Waals surface area contributed by atoms with Crippen LogP contribution in [0.2, 0.25) is 0 Å². The van der Waals surface area contributed by atoms with Crippen LogP contribution >= 0.6 is 0 Å². The molecule has 2 amide bonds. The molecule has 0 radical (unpaired) electrons. The Bertz CT molecular complexity index is 546. The van der Waals surface area contributed by atoms with Crippen LogP contribution in [0.3, 0.4) is 0 Å². The smallest absolute Gasteiger partial charge is 0.317 e. The lowest BCUT2D eigenvalue weighted by Crippen LogP contribution is -2.47. The third-order valence-electron chi connectivity index (χ3n) is 4.83. The van der Waals surface area contributed by atoms with Crippen molar-refractivity contribution in [3.8, 4) is 5.88 Å². The van der Waals surface area contributed by atoms with E-state index in [1.807, 2.05) is 17.0 Å². The summed E-state index contributed by atoms with van der Waals surface area (Å²) in [5.74, 6) is 0.658. The summed E-state index contributed by atoms with van der Waals surface area (Å²) in [6.45, 7) is 1.93. The van der Waals surface area contributed by atoms with Crippen LogP contribution in [-0.2, 0) is 11.3 Å². The zero-order valence-electron chi connectivity index (χ0n) is 14.4. The quantitative estimate of drug-likeness (QED) is 0.900. The second-order valence-corrected chi connectivity index (χ2v) is 6.63. The highest BCUT2D eigenvalue weighted by Crippen LogP contribution is 2.23. The minimum Gasteiger partial charge on any atom is -0.474 e. The Labute approximate surface area is 143 Å². The molecule has 1 aromatic heterocycles. The number of ether oxygens (including phenoxy) is 2. The van der Waals surface area contributed by atoms with Crippen molar-refractivity contribution in [2.75, 3.05) is 20.2 Å². The molecule has 2 heterocycles. The first-order valence-electron chi connectivity index (χ1n) is 8.92. The number of amides is 2. The molecule has 6 heteroatoms. The molecule has 1 aliphatic heterocycles. The normalized spacial score (nSPS) is 21.7. The van der Waals surface area contributed by atoms with Crippen molar-refractivity contribution in [1.82, 2.24) is 15.2 Å². The van der Waals surface area contributed by atoms with Crippen molar-refractivity contribution in [3.63, 3.8) is 0 Å². The van der Waals surface area contributed by atoms with Crippen molar-refractivity contribution in [1.29, 1.82) is 0 Å². The zero-order chi connectivity index (χ0) is 16.8. The Hall–Kier alpha value is -1.82. The second-order valence-electron chi connectivity index (χ2n) is 6.63. The summed E-state index contributed by atoms with van der Waals surface area (Å²) < 4.78 is 11.3. The van der Waals surface area contributed by atoms with Crippen LogP contribution in [0.1, 0.15) is 44.1 Å². The molecular formula is C18H27N3O3. The largest absolute Gasteiger partial charge is 0.474 e. The minimum absolute atomic E-state index is 0.0353. The number of rotatable bonds is 5. The van der Waals surface area contributed by atoms with Gasteiger partial charge in [-0.2, -0.15) is 0 Å². The van der Waals surface area contributed by atoms with E-state index in [9.17, 15) is 4.79 Å². The molecule has 1 saturated heterocycles. The number of aromatic nitrogens is 1. The van der Waals surface area contributed by atoms with Crippen molar-refractivity contribution < 1.29 is 14.3 Å². The topological polar surface area (TPSA) is 63.7 Å². The minimum atomic E-state index is -0.0353. The molecule has 0 aromatic carbocycles. The van der Waals surface area contributed by atoms with E-state index in [2.05, 4.69) is 10.3 Å². The first-order chi connectivity index (χ1) is 11.7. The van der Waals surface area contributed by atoms with Crippen LogP contribution in [0, 0.1) is 0 Å². The van der Waals surface area contributed by atoms with Gasteiger partial charge < -0.3 is 19.7 Å². The molecule has 0 bridgehead atoms. The molecule has 2 aliphatic rings. The molecule has 1 saturated carbocycles. The Kier molecular flexibility index (Phi) is 5.91. The van der Waals surface area contributed by atoms with Crippen molar-refractivity contribution >= 4 is 6.03 Å². The highest BCUT2D eigenvalue weighted by molar-refractivity contribution is 5.74. The molecule has 1 atom stereocenters. The van der Waals surface area contributed by atoms with Gasteiger partial charge >= 0.3 is 6.03 Å². The lowest BCUT2D eigenvalue weighted by atomic mass is 10.1. The van der Waals surface area contributed by atoms with Crippen LogP contribution in [0.15, 0.2) is 18.3 Å². The Balaban J connectivity index is 1.49. The van der Waals surface area contributed by atoms with Gasteiger partial charge in [-0.1, -0.05) is 0 Å². The number of methoxy groups -OCH3 is 1. The van der Waals surface area contributed by atoms with Crippen LogP contribution in [-0.4, -0.2) is 48.3 Å². The molecule has 6 nitrogen and oxygen atoms in total. The van der Waals surface area contributed by atoms with E-state index in [1.165, 1.54) is 12.8 Å². The second kappa shape index (κ2) is 8.33. The predicted octanol–water partition coefficient (Wildman–Crippen LogP) is 2.72. The van der Waals surface area contributed by atoms with Gasteiger partial charge in [0.2, 0.25) is 5.88 Å². The van der Waals surface area contributed by atoms with Gasteiger partial charge in [0.25, 0.3) is 0 Å². The maximum Gasteiger partial charge on any atom is 0.317 e. The predicted molar refractivity (Wildman–Crippen MR) is 91.0 cm³/mol. The number of hydrogen-bond acceptors (Lipinski definition) is 4. The summed E-state index contributed by atoms with van der Waals surface area (Å²) in [6, 6.07) is 3.80. The number of piperidine rings is 1. The molecular weight excluding hydrogens is 306 g/mol. The van der Waals surface area contributed by atoms with Gasteiger partial charge in [-0.3, -0.25) is 0 Å². The number of nitrogens with one attached hydrogen (secondary N) is 1. The van der Waals surface area contributed by atoms with E-state index < -0.39 is 0 Å². The lowest BCUT2D eigenvalue weighted by molar-refractivity contribution is 0.0434. The Morgan fingerprint density at radius 2 is 2.08 bits per heavy atom. The Morgan fingerprint density at radius 3 is 2.88 bits per heavy atom. The maximum absolute atomic E-state index is 12.3. The van der Waals surface area contributed by atoms with Crippen LogP contribution < -0.4 is 10.1 Å². The number of hydrogen-bond donors (Lipinski definition) is 1. The van der Waals surface area contributed by atoms with Gasteiger partial charge in [0.15, 0.2) is 0 Å². The van der Waals surface area contributed by atoms with Gasteiger partial charge in [0.1, 0.15) is 6.10 Å². The van der Waals surface area contributed by atoms with E-state index in [-0.39, 0.29) is 12.1 Å². The highest BCUT2D eigenvalue weighted by atomic mass is 16.5. The monoisotopic (exact) mass is 333 g/mol. The third-order valence-corrected chi connectivity index (χ3v) is 4.83. The first kappa shape index (κ1) is 17.0. The summed E-state index contributed by atoms with van der Waals surface area (Å²) in [5.41, 5.74) is 1.01. The van der Waals surface area contributed by atoms with Crippen molar-refractivity contribution in [2.45, 2.75) is 57.3 Å². The summed E-state index contributed by atoms with van der Waals surface area (Å²) in [5, 5.41) is 2.98. The first-order valence-corrected chi connectivity index (χ1v) is 8.92. The number of pyridine rings is 1. The number of urea groups is 1. The summed E-state index contributed by atoms with van der Waals surface area (Å²) in [4.78, 5) is 18.4. The molecule has 24 heavy (non-hydrogen) atoms. The van der Waals surface area contributed by atoms with E-state index in [1.54, 1.807) is 13.3 Å². The SMILES string of the molecule is COC1CCCN(C(=O)NCc2ccnc(OC3CCCC3)c2)C1. The highest BCUT2D eigenvalue weighted by Gasteiger charge is 2.23. The van der Waals surface area contributed by atoms with Crippen LogP contribution in [0.4, 0.5) is 4.79 Å². The molecule has 2 fully saturated rings. The summed E-state index contributed by atoms with van der Waals surface area (Å²) >= 11 is 0. The molecule has 3 rings (SSSR count). The van der Waals surface area contributed by atoms with Gasteiger partial charge in [-0.05, 0) is 50.2 Å². The molecule has 1 aliphatic carbocycles. The molecule has 132 valence electrons. The fourth-order valence-electron chi connectivity index (χ4n) is 3.41. The molecule has 1 aromatic rings. The van der Waals surface area contributed by atoms with Crippen LogP contribution in [0.25, 0.3) is 0 Å². The van der Waals surface area contributed by atoms with Gasteiger partial charge in [0, 0.05) is 39.0 Å². The molecule has 1 N–H and O–H groups in total. The standard InChI is InChI=1S/C18H27N3O3/c1-23-16-7-4-10-21(13-16)18(22)20-12-14-8-9-19-17(11-14)24-15-5-2-3-6-15/h8-9,11,15-16H,2-7,10,12-13H2,1H3,(H,20,22).